The second-order valence-electron chi connectivity index (χ2n) is 6.50. The lowest BCUT2D eigenvalue weighted by Gasteiger charge is -2.18. The highest BCUT2D eigenvalue weighted by Crippen LogP contribution is 2.23. The number of carbonyl (C=O) groups excluding carboxylic acids is 1. The van der Waals surface area contributed by atoms with Gasteiger partial charge >= 0.3 is 0 Å². The third kappa shape index (κ3) is 5.14. The molecule has 0 radical (unpaired) electrons. The van der Waals surface area contributed by atoms with Crippen LogP contribution in [0.1, 0.15) is 29.0 Å². The first-order valence-electron chi connectivity index (χ1n) is 8.84. The number of nitrogens with zero attached hydrogens (tertiary/aromatic N) is 2. The molecule has 8 nitrogen and oxygen atoms in total. The summed E-state index contributed by atoms with van der Waals surface area (Å²) in [5.41, 5.74) is 2.12. The molecule has 0 saturated carbocycles. The van der Waals surface area contributed by atoms with Crippen molar-refractivity contribution < 1.29 is 17.9 Å². The van der Waals surface area contributed by atoms with E-state index in [2.05, 4.69) is 15.1 Å². The molecule has 3 rings (SSSR count). The molecule has 152 valence electrons. The predicted molar refractivity (Wildman–Crippen MR) is 111 cm³/mol. The molecule has 1 amide bonds. The smallest absolute Gasteiger partial charge is 0.272 e. The highest BCUT2D eigenvalue weighted by atomic mass is 32.2. The summed E-state index contributed by atoms with van der Waals surface area (Å²) in [6.07, 6.45) is 2.78. The summed E-state index contributed by atoms with van der Waals surface area (Å²) in [7, 11) is -1.84. The molecule has 0 fully saturated rings. The van der Waals surface area contributed by atoms with Gasteiger partial charge in [-0.05, 0) is 48.9 Å². The fourth-order valence-electron chi connectivity index (χ4n) is 2.84. The molecule has 29 heavy (non-hydrogen) atoms. The SMILES string of the molecule is COc1ccc(-n2ccc(C(=O)NC(C)c3ccccc3NS(C)(=O)=O)n2)cc1. The number of rotatable bonds is 7. The van der Waals surface area contributed by atoms with E-state index in [4.69, 9.17) is 4.74 Å². The van der Waals surface area contributed by atoms with Gasteiger partial charge in [0.15, 0.2) is 5.69 Å². The van der Waals surface area contributed by atoms with Crippen molar-refractivity contribution in [3.63, 3.8) is 0 Å². The van der Waals surface area contributed by atoms with Crippen molar-refractivity contribution in [2.45, 2.75) is 13.0 Å². The van der Waals surface area contributed by atoms with Crippen LogP contribution in [0.25, 0.3) is 5.69 Å². The van der Waals surface area contributed by atoms with E-state index in [0.717, 1.165) is 17.7 Å². The lowest BCUT2D eigenvalue weighted by Crippen LogP contribution is -2.28. The number of carbonyl (C=O) groups is 1. The van der Waals surface area contributed by atoms with E-state index in [-0.39, 0.29) is 11.6 Å². The fraction of sp³-hybridized carbons (Fsp3) is 0.200. The van der Waals surface area contributed by atoms with Crippen molar-refractivity contribution in [3.8, 4) is 11.4 Å². The Morgan fingerprint density at radius 3 is 2.45 bits per heavy atom. The second-order valence-corrected chi connectivity index (χ2v) is 8.25. The summed E-state index contributed by atoms with van der Waals surface area (Å²) in [6.45, 7) is 1.78. The van der Waals surface area contributed by atoms with E-state index in [1.54, 1.807) is 55.2 Å². The monoisotopic (exact) mass is 414 g/mol. The molecule has 1 aromatic heterocycles. The molecule has 3 aromatic rings. The lowest BCUT2D eigenvalue weighted by atomic mass is 10.1. The van der Waals surface area contributed by atoms with Crippen LogP contribution in [0.3, 0.4) is 0 Å². The van der Waals surface area contributed by atoms with Crippen molar-refractivity contribution in [2.75, 3.05) is 18.1 Å². The molecule has 1 atom stereocenters. The zero-order chi connectivity index (χ0) is 21.0. The Hall–Kier alpha value is -3.33. The van der Waals surface area contributed by atoms with E-state index >= 15 is 0 Å². The number of sulfonamides is 1. The highest BCUT2D eigenvalue weighted by molar-refractivity contribution is 7.92. The van der Waals surface area contributed by atoms with Crippen LogP contribution in [0.2, 0.25) is 0 Å². The second kappa shape index (κ2) is 8.36. The van der Waals surface area contributed by atoms with Gasteiger partial charge in [-0.25, -0.2) is 13.1 Å². The maximum absolute atomic E-state index is 12.6. The molecular weight excluding hydrogens is 392 g/mol. The zero-order valence-electron chi connectivity index (χ0n) is 16.3. The van der Waals surface area contributed by atoms with Crippen molar-refractivity contribution in [2.24, 2.45) is 0 Å². The molecule has 0 aliphatic carbocycles. The number of anilines is 1. The van der Waals surface area contributed by atoms with Gasteiger partial charge in [0.05, 0.1) is 30.8 Å². The van der Waals surface area contributed by atoms with Gasteiger partial charge in [0.1, 0.15) is 5.75 Å². The van der Waals surface area contributed by atoms with Gasteiger partial charge < -0.3 is 10.1 Å². The van der Waals surface area contributed by atoms with Gasteiger partial charge in [-0.2, -0.15) is 5.10 Å². The molecule has 0 bridgehead atoms. The first kappa shape index (κ1) is 20.4. The molecule has 0 spiro atoms. The molecule has 2 aromatic carbocycles. The van der Waals surface area contributed by atoms with Crippen molar-refractivity contribution in [3.05, 3.63) is 72.1 Å². The van der Waals surface area contributed by atoms with Crippen LogP contribution in [0.15, 0.2) is 60.8 Å². The van der Waals surface area contributed by atoms with Gasteiger partial charge in [0.2, 0.25) is 10.0 Å². The Kier molecular flexibility index (Phi) is 5.88. The number of amides is 1. The number of para-hydroxylation sites is 1. The lowest BCUT2D eigenvalue weighted by molar-refractivity contribution is 0.0934. The molecule has 0 aliphatic rings. The quantitative estimate of drug-likeness (QED) is 0.619. The van der Waals surface area contributed by atoms with Crippen LogP contribution < -0.4 is 14.8 Å². The first-order chi connectivity index (χ1) is 13.8. The Morgan fingerprint density at radius 2 is 1.79 bits per heavy atom. The molecular formula is C20H22N4O4S. The molecule has 0 saturated heterocycles. The summed E-state index contributed by atoms with van der Waals surface area (Å²) in [5.74, 6) is 0.369. The standard InChI is InChI=1S/C20H22N4O4S/c1-14(17-6-4-5-7-18(17)23-29(3,26)27)21-20(25)19-12-13-24(22-19)15-8-10-16(28-2)11-9-15/h4-14,23H,1-3H3,(H,21,25). The van der Waals surface area contributed by atoms with Crippen LogP contribution in [-0.4, -0.2) is 37.5 Å². The van der Waals surface area contributed by atoms with E-state index in [1.807, 2.05) is 24.3 Å². The topological polar surface area (TPSA) is 102 Å². The van der Waals surface area contributed by atoms with E-state index in [0.29, 0.717) is 11.3 Å². The van der Waals surface area contributed by atoms with Crippen LogP contribution in [0.4, 0.5) is 5.69 Å². The Labute approximate surface area is 169 Å². The largest absolute Gasteiger partial charge is 0.497 e. The van der Waals surface area contributed by atoms with E-state index in [9.17, 15) is 13.2 Å². The average molecular weight is 414 g/mol. The minimum Gasteiger partial charge on any atom is -0.497 e. The summed E-state index contributed by atoms with van der Waals surface area (Å²) in [4.78, 5) is 12.6. The number of hydrogen-bond acceptors (Lipinski definition) is 5. The van der Waals surface area contributed by atoms with E-state index < -0.39 is 16.1 Å². The Bertz CT molecular complexity index is 1110. The number of nitrogens with one attached hydrogen (secondary N) is 2. The zero-order valence-corrected chi connectivity index (χ0v) is 17.1. The van der Waals surface area contributed by atoms with Crippen LogP contribution in [0, 0.1) is 0 Å². The van der Waals surface area contributed by atoms with Crippen LogP contribution in [0.5, 0.6) is 5.75 Å². The predicted octanol–water partition coefficient (Wildman–Crippen LogP) is 2.74. The molecule has 0 aliphatic heterocycles. The maximum Gasteiger partial charge on any atom is 0.272 e. The maximum atomic E-state index is 12.6. The number of ether oxygens (including phenoxy) is 1. The van der Waals surface area contributed by atoms with Crippen LogP contribution in [-0.2, 0) is 10.0 Å². The Morgan fingerprint density at radius 1 is 1.10 bits per heavy atom. The van der Waals surface area contributed by atoms with Gasteiger partial charge in [-0.3, -0.25) is 9.52 Å². The first-order valence-corrected chi connectivity index (χ1v) is 10.7. The van der Waals surface area contributed by atoms with Crippen molar-refractivity contribution in [1.82, 2.24) is 15.1 Å². The van der Waals surface area contributed by atoms with Crippen LogP contribution >= 0.6 is 0 Å². The van der Waals surface area contributed by atoms with Gasteiger partial charge in [-0.1, -0.05) is 18.2 Å². The minimum absolute atomic E-state index is 0.251. The Balaban J connectivity index is 1.75. The molecule has 2 N–H and O–H groups in total. The number of benzene rings is 2. The average Bonchev–Trinajstić information content (AvgIpc) is 3.17. The normalized spacial score (nSPS) is 12.2. The van der Waals surface area contributed by atoms with Crippen molar-refractivity contribution >= 4 is 21.6 Å². The summed E-state index contributed by atoms with van der Waals surface area (Å²) < 4.78 is 32.4. The molecule has 1 unspecified atom stereocenters. The van der Waals surface area contributed by atoms with Gasteiger partial charge in [0, 0.05) is 6.20 Å². The third-order valence-corrected chi connectivity index (χ3v) is 4.82. The molecule has 1 heterocycles. The summed E-state index contributed by atoms with van der Waals surface area (Å²) in [5, 5.41) is 7.17. The number of methoxy groups -OCH3 is 1. The molecule has 9 heteroatoms. The highest BCUT2D eigenvalue weighted by Gasteiger charge is 2.17. The minimum atomic E-state index is -3.43. The van der Waals surface area contributed by atoms with Crippen molar-refractivity contribution in [1.29, 1.82) is 0 Å². The summed E-state index contributed by atoms with van der Waals surface area (Å²) in [6, 6.07) is 15.4. The van der Waals surface area contributed by atoms with E-state index in [1.165, 1.54) is 0 Å². The van der Waals surface area contributed by atoms with Gasteiger partial charge in [-0.15, -0.1) is 0 Å². The third-order valence-electron chi connectivity index (χ3n) is 4.23. The number of hydrogen-bond donors (Lipinski definition) is 2. The fourth-order valence-corrected chi connectivity index (χ4v) is 3.42. The summed E-state index contributed by atoms with van der Waals surface area (Å²) >= 11 is 0. The number of aromatic nitrogens is 2. The van der Waals surface area contributed by atoms with Gasteiger partial charge in [0.25, 0.3) is 5.91 Å².